The number of nitrogens with one attached hydrogen (secondary N) is 1. The third-order valence-electron chi connectivity index (χ3n) is 2.65. The van der Waals surface area contributed by atoms with E-state index in [1.54, 1.807) is 0 Å². The second-order valence-electron chi connectivity index (χ2n) is 5.30. The average Bonchev–Trinajstić information content (AvgIpc) is 2.21. The summed E-state index contributed by atoms with van der Waals surface area (Å²) in [4.78, 5) is 11.9. The van der Waals surface area contributed by atoms with Gasteiger partial charge in [-0.3, -0.25) is 4.79 Å². The highest BCUT2D eigenvalue weighted by Gasteiger charge is 2.27. The Morgan fingerprint density at radius 3 is 2.39 bits per heavy atom. The fourth-order valence-electron chi connectivity index (χ4n) is 1.28. The molecule has 0 aliphatic carbocycles. The number of aryl methyl sites for hydroxylation is 1. The number of hydrogen-bond acceptors (Lipinski definition) is 2. The molecule has 1 rings (SSSR count). The summed E-state index contributed by atoms with van der Waals surface area (Å²) in [5.74, 6) is -0.142. The number of nitrogens with two attached hydrogens (primary N) is 1. The molecule has 0 aliphatic heterocycles. The second kappa shape index (κ2) is 6.73. The highest BCUT2D eigenvalue weighted by atomic mass is 127. The van der Waals surface area contributed by atoms with Gasteiger partial charge >= 0.3 is 0 Å². The SMILES string of the molecule is Cc1ccc(NC(=O)[C@@H](N)C(C)(C)C)cc1I.Cl. The quantitative estimate of drug-likeness (QED) is 0.771. The number of carbonyl (C=O) groups excluding carboxylic acids is 1. The van der Waals surface area contributed by atoms with Crippen LogP contribution in [0.4, 0.5) is 5.69 Å². The Morgan fingerprint density at radius 1 is 1.39 bits per heavy atom. The molecule has 0 unspecified atom stereocenters. The molecular weight excluding hydrogens is 363 g/mol. The van der Waals surface area contributed by atoms with Gasteiger partial charge in [-0.1, -0.05) is 26.8 Å². The van der Waals surface area contributed by atoms with E-state index < -0.39 is 6.04 Å². The Hall–Kier alpha value is -0.330. The predicted octanol–water partition coefficient (Wildman–Crippen LogP) is 3.33. The van der Waals surface area contributed by atoms with Gasteiger partial charge in [0.05, 0.1) is 6.04 Å². The zero-order chi connectivity index (χ0) is 13.2. The third kappa shape index (κ3) is 4.74. The maximum absolute atomic E-state index is 11.9. The van der Waals surface area contributed by atoms with E-state index in [0.717, 1.165) is 9.26 Å². The molecule has 18 heavy (non-hydrogen) atoms. The third-order valence-corrected chi connectivity index (χ3v) is 3.82. The molecule has 0 fully saturated rings. The minimum atomic E-state index is -0.513. The van der Waals surface area contributed by atoms with Crippen molar-refractivity contribution >= 4 is 46.6 Å². The fraction of sp³-hybridized carbons (Fsp3) is 0.462. The minimum absolute atomic E-state index is 0. The molecule has 0 spiro atoms. The van der Waals surface area contributed by atoms with E-state index in [4.69, 9.17) is 5.73 Å². The minimum Gasteiger partial charge on any atom is -0.325 e. The zero-order valence-corrected chi connectivity index (χ0v) is 14.1. The molecule has 1 aromatic rings. The molecule has 1 amide bonds. The average molecular weight is 383 g/mol. The first-order valence-corrected chi connectivity index (χ1v) is 6.62. The van der Waals surface area contributed by atoms with Gasteiger partial charge in [0.1, 0.15) is 0 Å². The van der Waals surface area contributed by atoms with Crippen LogP contribution in [0.1, 0.15) is 26.3 Å². The van der Waals surface area contributed by atoms with Crippen molar-refractivity contribution in [1.29, 1.82) is 0 Å². The number of carbonyl (C=O) groups is 1. The van der Waals surface area contributed by atoms with Gasteiger partial charge in [-0.05, 0) is 52.6 Å². The molecule has 0 aromatic heterocycles. The number of benzene rings is 1. The maximum atomic E-state index is 11.9. The van der Waals surface area contributed by atoms with Crippen molar-refractivity contribution in [2.24, 2.45) is 11.1 Å². The lowest BCUT2D eigenvalue weighted by Crippen LogP contribution is -2.45. The monoisotopic (exact) mass is 382 g/mol. The Kier molecular flexibility index (Phi) is 6.60. The van der Waals surface area contributed by atoms with Crippen molar-refractivity contribution in [1.82, 2.24) is 0 Å². The molecule has 0 saturated heterocycles. The lowest BCUT2D eigenvalue weighted by molar-refractivity contribution is -0.119. The number of rotatable bonds is 2. The van der Waals surface area contributed by atoms with Gasteiger partial charge in [0.15, 0.2) is 0 Å². The molecule has 0 saturated carbocycles. The molecule has 0 aliphatic rings. The first-order chi connectivity index (χ1) is 7.71. The van der Waals surface area contributed by atoms with Crippen molar-refractivity contribution in [3.8, 4) is 0 Å². The van der Waals surface area contributed by atoms with Crippen LogP contribution in [0.15, 0.2) is 18.2 Å². The van der Waals surface area contributed by atoms with E-state index in [1.807, 2.05) is 45.9 Å². The van der Waals surface area contributed by atoms with E-state index in [0.29, 0.717) is 0 Å². The topological polar surface area (TPSA) is 55.1 Å². The lowest BCUT2D eigenvalue weighted by atomic mass is 9.87. The molecule has 1 aromatic carbocycles. The van der Waals surface area contributed by atoms with Crippen LogP contribution in [-0.2, 0) is 4.79 Å². The zero-order valence-electron chi connectivity index (χ0n) is 11.1. The van der Waals surface area contributed by atoms with E-state index in [2.05, 4.69) is 27.9 Å². The van der Waals surface area contributed by atoms with Crippen molar-refractivity contribution in [2.75, 3.05) is 5.32 Å². The van der Waals surface area contributed by atoms with Gasteiger partial charge in [0.25, 0.3) is 0 Å². The van der Waals surface area contributed by atoms with Gasteiger partial charge in [-0.25, -0.2) is 0 Å². The van der Waals surface area contributed by atoms with Crippen LogP contribution in [0.2, 0.25) is 0 Å². The van der Waals surface area contributed by atoms with Crippen LogP contribution >= 0.6 is 35.0 Å². The van der Waals surface area contributed by atoms with Gasteiger partial charge in [0.2, 0.25) is 5.91 Å². The van der Waals surface area contributed by atoms with E-state index in [1.165, 1.54) is 5.56 Å². The molecular formula is C13H20ClIN2O. The number of anilines is 1. The summed E-state index contributed by atoms with van der Waals surface area (Å²) >= 11 is 2.25. The van der Waals surface area contributed by atoms with E-state index in [9.17, 15) is 4.79 Å². The number of hydrogen-bond donors (Lipinski definition) is 2. The summed E-state index contributed by atoms with van der Waals surface area (Å²) in [6.45, 7) is 7.90. The number of halogens is 2. The van der Waals surface area contributed by atoms with Crippen LogP contribution < -0.4 is 11.1 Å². The lowest BCUT2D eigenvalue weighted by Gasteiger charge is -2.25. The van der Waals surface area contributed by atoms with Crippen LogP contribution in [0.3, 0.4) is 0 Å². The Balaban J connectivity index is 0.00000289. The van der Waals surface area contributed by atoms with E-state index >= 15 is 0 Å². The molecule has 0 bridgehead atoms. The molecule has 5 heteroatoms. The van der Waals surface area contributed by atoms with Gasteiger partial charge < -0.3 is 11.1 Å². The molecule has 3 nitrogen and oxygen atoms in total. The first kappa shape index (κ1) is 17.7. The maximum Gasteiger partial charge on any atom is 0.241 e. The van der Waals surface area contributed by atoms with Crippen LogP contribution in [0.5, 0.6) is 0 Å². The van der Waals surface area contributed by atoms with Crippen molar-refractivity contribution in [3.05, 3.63) is 27.3 Å². The summed E-state index contributed by atoms with van der Waals surface area (Å²) in [7, 11) is 0. The van der Waals surface area contributed by atoms with Gasteiger partial charge in [-0.2, -0.15) is 0 Å². The van der Waals surface area contributed by atoms with Gasteiger partial charge in [0, 0.05) is 9.26 Å². The molecule has 1 atom stereocenters. The smallest absolute Gasteiger partial charge is 0.241 e. The van der Waals surface area contributed by atoms with Crippen LogP contribution in [0.25, 0.3) is 0 Å². The second-order valence-corrected chi connectivity index (χ2v) is 6.46. The Labute approximate surface area is 128 Å². The van der Waals surface area contributed by atoms with Crippen molar-refractivity contribution < 1.29 is 4.79 Å². The Bertz CT molecular complexity index is 429. The summed E-state index contributed by atoms with van der Waals surface area (Å²) in [5.41, 5.74) is 7.66. The largest absolute Gasteiger partial charge is 0.325 e. The standard InChI is InChI=1S/C13H19IN2O.ClH/c1-8-5-6-9(7-10(8)14)16-12(17)11(15)13(2,3)4;/h5-7,11H,15H2,1-4H3,(H,16,17);1H/t11-;/m1./s1. The summed E-state index contributed by atoms with van der Waals surface area (Å²) in [6, 6.07) is 5.31. The molecule has 3 N–H and O–H groups in total. The van der Waals surface area contributed by atoms with Crippen LogP contribution in [-0.4, -0.2) is 11.9 Å². The van der Waals surface area contributed by atoms with Crippen molar-refractivity contribution in [3.63, 3.8) is 0 Å². The summed E-state index contributed by atoms with van der Waals surface area (Å²) < 4.78 is 1.13. The number of amides is 1. The molecule has 0 heterocycles. The molecule has 102 valence electrons. The highest BCUT2D eigenvalue weighted by Crippen LogP contribution is 2.20. The first-order valence-electron chi connectivity index (χ1n) is 5.54. The van der Waals surface area contributed by atoms with Gasteiger partial charge in [-0.15, -0.1) is 12.4 Å². The predicted molar refractivity (Wildman–Crippen MR) is 87.2 cm³/mol. The molecule has 0 radical (unpaired) electrons. The Morgan fingerprint density at radius 2 is 1.94 bits per heavy atom. The summed E-state index contributed by atoms with van der Waals surface area (Å²) in [6.07, 6.45) is 0. The van der Waals surface area contributed by atoms with E-state index in [-0.39, 0.29) is 23.7 Å². The van der Waals surface area contributed by atoms with Crippen LogP contribution in [0, 0.1) is 15.9 Å². The normalized spacial score (nSPS) is 12.6. The van der Waals surface area contributed by atoms with Crippen molar-refractivity contribution in [2.45, 2.75) is 33.7 Å². The highest BCUT2D eigenvalue weighted by molar-refractivity contribution is 14.1. The summed E-state index contributed by atoms with van der Waals surface area (Å²) in [5, 5.41) is 2.85. The fourth-order valence-corrected chi connectivity index (χ4v) is 1.80.